The molecule has 4 N–H and O–H groups in total. The number of thiol groups is 2. The zero-order valence-electron chi connectivity index (χ0n) is 7.21. The molecule has 0 fully saturated rings. The van der Waals surface area contributed by atoms with Gasteiger partial charge in [-0.1, -0.05) is 0 Å². The SMILES string of the molecule is Cl.NC(CS)C(=O)NC(CS)C(=O)O. The molecule has 0 aromatic heterocycles. The minimum atomic E-state index is -1.13. The average molecular weight is 261 g/mol. The molecule has 0 saturated carbocycles. The molecular formula is C6H13ClN2O3S2. The van der Waals surface area contributed by atoms with E-state index in [4.69, 9.17) is 10.8 Å². The number of carbonyl (C=O) groups excluding carboxylic acids is 1. The molecule has 0 aliphatic heterocycles. The number of hydrogen-bond donors (Lipinski definition) is 5. The lowest BCUT2D eigenvalue weighted by atomic mass is 10.3. The van der Waals surface area contributed by atoms with E-state index in [1.165, 1.54) is 0 Å². The summed E-state index contributed by atoms with van der Waals surface area (Å²) in [6.45, 7) is 0. The van der Waals surface area contributed by atoms with E-state index < -0.39 is 24.0 Å². The van der Waals surface area contributed by atoms with Crippen LogP contribution in [0, 0.1) is 0 Å². The normalized spacial score (nSPS) is 13.6. The maximum Gasteiger partial charge on any atom is 0.327 e. The van der Waals surface area contributed by atoms with Gasteiger partial charge < -0.3 is 16.2 Å². The van der Waals surface area contributed by atoms with Gasteiger partial charge in [-0.3, -0.25) is 4.79 Å². The van der Waals surface area contributed by atoms with Crippen LogP contribution in [0.3, 0.4) is 0 Å². The molecule has 0 aromatic carbocycles. The molecule has 0 spiro atoms. The van der Waals surface area contributed by atoms with Crippen molar-refractivity contribution in [1.82, 2.24) is 5.32 Å². The number of carboxylic acids is 1. The molecule has 0 saturated heterocycles. The van der Waals surface area contributed by atoms with Crippen LogP contribution in [-0.4, -0.2) is 40.6 Å². The molecule has 0 rings (SSSR count). The van der Waals surface area contributed by atoms with E-state index in [9.17, 15) is 9.59 Å². The summed E-state index contributed by atoms with van der Waals surface area (Å²) in [4.78, 5) is 21.5. The van der Waals surface area contributed by atoms with Crippen molar-refractivity contribution in [3.05, 3.63) is 0 Å². The van der Waals surface area contributed by atoms with Crippen LogP contribution in [-0.2, 0) is 9.59 Å². The van der Waals surface area contributed by atoms with Gasteiger partial charge in [-0.15, -0.1) is 12.4 Å². The third-order valence-electron chi connectivity index (χ3n) is 1.33. The monoisotopic (exact) mass is 260 g/mol. The Morgan fingerprint density at radius 3 is 2.14 bits per heavy atom. The van der Waals surface area contributed by atoms with E-state index in [0.717, 1.165) is 0 Å². The summed E-state index contributed by atoms with van der Waals surface area (Å²) < 4.78 is 0. The molecule has 0 radical (unpaired) electrons. The van der Waals surface area contributed by atoms with Gasteiger partial charge in [-0.2, -0.15) is 25.3 Å². The van der Waals surface area contributed by atoms with Crippen molar-refractivity contribution in [2.45, 2.75) is 12.1 Å². The van der Waals surface area contributed by atoms with Gasteiger partial charge in [0.15, 0.2) is 0 Å². The van der Waals surface area contributed by atoms with Crippen LogP contribution in [0.5, 0.6) is 0 Å². The van der Waals surface area contributed by atoms with Gasteiger partial charge in [0.2, 0.25) is 5.91 Å². The molecule has 8 heteroatoms. The summed E-state index contributed by atoms with van der Waals surface area (Å²) in [6, 6.07) is -1.79. The zero-order chi connectivity index (χ0) is 10.4. The van der Waals surface area contributed by atoms with Gasteiger partial charge >= 0.3 is 5.97 Å². The number of aliphatic carboxylic acids is 1. The Bertz CT molecular complexity index is 206. The number of nitrogens with two attached hydrogens (primary N) is 1. The molecule has 0 aromatic rings. The van der Waals surface area contributed by atoms with E-state index >= 15 is 0 Å². The number of halogens is 1. The van der Waals surface area contributed by atoms with Gasteiger partial charge in [0.1, 0.15) is 6.04 Å². The van der Waals surface area contributed by atoms with Crippen molar-refractivity contribution >= 4 is 49.5 Å². The lowest BCUT2D eigenvalue weighted by molar-refractivity contribution is -0.141. The number of carbonyl (C=O) groups is 2. The van der Waals surface area contributed by atoms with E-state index in [0.29, 0.717) is 0 Å². The number of rotatable bonds is 5. The maximum absolute atomic E-state index is 11.1. The predicted molar refractivity (Wildman–Crippen MR) is 62.5 cm³/mol. The Morgan fingerprint density at radius 2 is 1.86 bits per heavy atom. The van der Waals surface area contributed by atoms with Crippen molar-refractivity contribution in [2.75, 3.05) is 11.5 Å². The second-order valence-electron chi connectivity index (χ2n) is 2.37. The van der Waals surface area contributed by atoms with Crippen molar-refractivity contribution < 1.29 is 14.7 Å². The fraction of sp³-hybridized carbons (Fsp3) is 0.667. The van der Waals surface area contributed by atoms with Crippen molar-refractivity contribution in [2.24, 2.45) is 5.73 Å². The summed E-state index contributed by atoms with van der Waals surface area (Å²) in [5.74, 6) is -1.46. The van der Waals surface area contributed by atoms with Crippen LogP contribution in [0.25, 0.3) is 0 Å². The van der Waals surface area contributed by atoms with Crippen LogP contribution in [0.15, 0.2) is 0 Å². The largest absolute Gasteiger partial charge is 0.480 e. The highest BCUT2D eigenvalue weighted by atomic mass is 35.5. The molecular weight excluding hydrogens is 248 g/mol. The second kappa shape index (κ2) is 8.22. The van der Waals surface area contributed by atoms with Gasteiger partial charge in [0.05, 0.1) is 6.04 Å². The van der Waals surface area contributed by atoms with E-state index in [1.54, 1.807) is 0 Å². The molecule has 0 aliphatic carbocycles. The topological polar surface area (TPSA) is 92.4 Å². The molecule has 5 nitrogen and oxygen atoms in total. The van der Waals surface area contributed by atoms with E-state index in [-0.39, 0.29) is 23.9 Å². The highest BCUT2D eigenvalue weighted by molar-refractivity contribution is 7.80. The van der Waals surface area contributed by atoms with Crippen molar-refractivity contribution in [3.8, 4) is 0 Å². The lowest BCUT2D eigenvalue weighted by Crippen LogP contribution is -2.49. The predicted octanol–water partition coefficient (Wildman–Crippen LogP) is -0.836. The smallest absolute Gasteiger partial charge is 0.327 e. The Kier molecular flexibility index (Phi) is 9.58. The quantitative estimate of drug-likeness (QED) is 0.417. The first-order valence-corrected chi connectivity index (χ1v) is 4.80. The standard InChI is InChI=1S/C6H12N2O3S2.ClH/c7-3(1-12)5(9)8-4(2-13)6(10)11;/h3-4,12-13H,1-2,7H2,(H,8,9)(H,10,11);1H. The van der Waals surface area contributed by atoms with Crippen LogP contribution in [0.1, 0.15) is 0 Å². The number of hydrogen-bond acceptors (Lipinski definition) is 5. The summed E-state index contributed by atoms with van der Waals surface area (Å²) in [7, 11) is 0. The molecule has 14 heavy (non-hydrogen) atoms. The fourth-order valence-electron chi connectivity index (χ4n) is 0.547. The Morgan fingerprint density at radius 1 is 1.36 bits per heavy atom. The number of amides is 1. The fourth-order valence-corrected chi connectivity index (χ4v) is 0.960. The highest BCUT2D eigenvalue weighted by Crippen LogP contribution is 1.91. The first-order valence-electron chi connectivity index (χ1n) is 3.53. The maximum atomic E-state index is 11.1. The van der Waals surface area contributed by atoms with Crippen molar-refractivity contribution in [1.29, 1.82) is 0 Å². The summed E-state index contributed by atoms with van der Waals surface area (Å²) in [5, 5.41) is 10.8. The Labute approximate surface area is 99.0 Å². The van der Waals surface area contributed by atoms with E-state index in [1.807, 2.05) is 0 Å². The van der Waals surface area contributed by atoms with E-state index in [2.05, 4.69) is 30.6 Å². The van der Waals surface area contributed by atoms with Crippen LogP contribution in [0.2, 0.25) is 0 Å². The first-order chi connectivity index (χ1) is 6.02. The molecule has 0 bridgehead atoms. The first kappa shape index (κ1) is 16.3. The van der Waals surface area contributed by atoms with Crippen LogP contribution in [0.4, 0.5) is 0 Å². The Balaban J connectivity index is 0. The third-order valence-corrected chi connectivity index (χ3v) is 2.09. The average Bonchev–Trinajstić information content (AvgIpc) is 2.11. The highest BCUT2D eigenvalue weighted by Gasteiger charge is 2.20. The summed E-state index contributed by atoms with van der Waals surface area (Å²) in [5.41, 5.74) is 5.31. The summed E-state index contributed by atoms with van der Waals surface area (Å²) in [6.07, 6.45) is 0. The van der Waals surface area contributed by atoms with Crippen LogP contribution < -0.4 is 11.1 Å². The van der Waals surface area contributed by atoms with Gasteiger partial charge in [-0.05, 0) is 0 Å². The van der Waals surface area contributed by atoms with Gasteiger partial charge in [-0.25, -0.2) is 4.79 Å². The lowest BCUT2D eigenvalue weighted by Gasteiger charge is -2.14. The number of carboxylic acid groups (broad SMARTS) is 1. The molecule has 2 atom stereocenters. The minimum absolute atomic E-state index is 0. The van der Waals surface area contributed by atoms with Crippen LogP contribution >= 0.6 is 37.7 Å². The van der Waals surface area contributed by atoms with Crippen molar-refractivity contribution in [3.63, 3.8) is 0 Å². The molecule has 2 unspecified atom stereocenters. The van der Waals surface area contributed by atoms with Gasteiger partial charge in [0.25, 0.3) is 0 Å². The molecule has 84 valence electrons. The molecule has 1 amide bonds. The second-order valence-corrected chi connectivity index (χ2v) is 3.10. The Hall–Kier alpha value is -0.110. The zero-order valence-corrected chi connectivity index (χ0v) is 9.82. The number of nitrogens with one attached hydrogen (secondary N) is 1. The third kappa shape index (κ3) is 5.58. The minimum Gasteiger partial charge on any atom is -0.480 e. The molecule has 0 aliphatic rings. The molecule has 0 heterocycles. The summed E-state index contributed by atoms with van der Waals surface area (Å²) >= 11 is 7.58. The van der Waals surface area contributed by atoms with Gasteiger partial charge in [0, 0.05) is 11.5 Å².